The Hall–Kier alpha value is -5.14. The number of esters is 5. The molecule has 2 aromatic carbocycles. The SMILES string of the molecule is C=C1C(=O)[C@@]23C(=O)O[C@H]4CCC(C)(C)[C@H]5[C@H](OC(=O)CCC(=O)N[C@@H](Cc6ccc(N(CCCl)CCCl)cc6)C(=O)OC)OC[C@@]45[C@@H]2CC[C@@H]1[C@H]3OC(=O)CCC(=O)N[C@@H](Cc1ccc(N(CCCl)CCCl)cc1)C(=O)OC. The smallest absolute Gasteiger partial charge is 0.328 e. The summed E-state index contributed by atoms with van der Waals surface area (Å²) in [5.74, 6) is -6.08. The number of nitrogens with zero attached hydrogens (tertiary/aromatic N) is 2. The molecule has 10 atom stereocenters. The number of anilines is 2. The first-order valence-corrected chi connectivity index (χ1v) is 28.6. The molecule has 22 heteroatoms. The monoisotopic (exact) mass is 1160 g/mol. The number of fused-ring (bicyclic) bond motifs is 1. The predicted molar refractivity (Wildman–Crippen MR) is 291 cm³/mol. The van der Waals surface area contributed by atoms with Gasteiger partial charge in [0.25, 0.3) is 0 Å². The molecule has 2 amide bonds. The summed E-state index contributed by atoms with van der Waals surface area (Å²) < 4.78 is 34.9. The van der Waals surface area contributed by atoms with Crippen molar-refractivity contribution in [3.63, 3.8) is 0 Å². The molecule has 2 spiro atoms. The number of ether oxygens (including phenoxy) is 6. The second kappa shape index (κ2) is 26.4. The molecule has 7 rings (SSSR count). The van der Waals surface area contributed by atoms with Crippen LogP contribution in [0, 0.1) is 34.0 Å². The Morgan fingerprint density at radius 1 is 0.692 bits per heavy atom. The summed E-state index contributed by atoms with van der Waals surface area (Å²) in [5.41, 5.74) is -0.279. The maximum Gasteiger partial charge on any atom is 0.328 e. The fourth-order valence-electron chi connectivity index (χ4n) is 12.9. The molecule has 0 aromatic heterocycles. The minimum Gasteiger partial charge on any atom is -0.467 e. The van der Waals surface area contributed by atoms with Crippen LogP contribution in [-0.4, -0.2) is 149 Å². The van der Waals surface area contributed by atoms with E-state index in [2.05, 4.69) is 17.2 Å². The number of methoxy groups -OCH3 is 2. The molecule has 0 radical (unpaired) electrons. The highest BCUT2D eigenvalue weighted by Gasteiger charge is 2.81. The van der Waals surface area contributed by atoms with Gasteiger partial charge in [0.15, 0.2) is 11.2 Å². The summed E-state index contributed by atoms with van der Waals surface area (Å²) in [7, 11) is 2.43. The van der Waals surface area contributed by atoms with E-state index in [1.807, 2.05) is 72.2 Å². The van der Waals surface area contributed by atoms with Gasteiger partial charge < -0.3 is 48.9 Å². The van der Waals surface area contributed by atoms with E-state index < -0.39 is 118 Å². The minimum absolute atomic E-state index is 0.0552. The van der Waals surface area contributed by atoms with Crippen molar-refractivity contribution in [3.05, 3.63) is 71.8 Å². The second-order valence-electron chi connectivity index (χ2n) is 21.3. The van der Waals surface area contributed by atoms with Crippen LogP contribution in [0.2, 0.25) is 0 Å². The van der Waals surface area contributed by atoms with E-state index in [1.165, 1.54) is 14.2 Å². The van der Waals surface area contributed by atoms with Crippen LogP contribution in [0.4, 0.5) is 11.4 Å². The van der Waals surface area contributed by atoms with E-state index in [1.54, 1.807) is 0 Å². The quantitative estimate of drug-likeness (QED) is 0.0351. The molecule has 3 saturated carbocycles. The van der Waals surface area contributed by atoms with Crippen LogP contribution in [0.3, 0.4) is 0 Å². The van der Waals surface area contributed by atoms with Gasteiger partial charge in [-0.15, -0.1) is 46.4 Å². The van der Waals surface area contributed by atoms with Crippen molar-refractivity contribution < 1.29 is 66.8 Å². The molecule has 2 aromatic rings. The molecular weight excluding hydrogens is 1090 g/mol. The number of ketones is 1. The lowest BCUT2D eigenvalue weighted by Crippen LogP contribution is -2.71. The van der Waals surface area contributed by atoms with Gasteiger partial charge >= 0.3 is 29.8 Å². The minimum atomic E-state index is -2.00. The molecule has 2 N–H and O–H groups in total. The van der Waals surface area contributed by atoms with Crippen LogP contribution < -0.4 is 20.4 Å². The van der Waals surface area contributed by atoms with Crippen molar-refractivity contribution in [1.29, 1.82) is 0 Å². The highest BCUT2D eigenvalue weighted by Crippen LogP contribution is 2.72. The highest BCUT2D eigenvalue weighted by atomic mass is 35.5. The Morgan fingerprint density at radius 2 is 1.17 bits per heavy atom. The predicted octanol–water partition coefficient (Wildman–Crippen LogP) is 6.23. The number of carbonyl (C=O) groups excluding carboxylic acids is 8. The van der Waals surface area contributed by atoms with E-state index in [9.17, 15) is 38.4 Å². The summed E-state index contributed by atoms with van der Waals surface area (Å²) >= 11 is 23.9. The standard InChI is InChI=1S/C56H70Cl4N4O14/c1-33-38-14-15-41-55-32-75-52(78-46(68)19-17-44(66)62-40(51(71)74-5)31-35-8-12-37(13-9-35)64(28-24-59)29-25-60)47(55)54(2,3)21-20-42(55)76-53(72)56(41,48(33)69)49(38)77-45(67)18-16-43(65)61-39(50(70)73-4)30-34-6-10-36(11-7-34)63(26-22-57)27-23-58/h6-13,38-42,47,49,52H,1,14-32H2,2-5H3,(H,61,65)(H,62,66)/t38-,39-,40-,41-,42-,47+,49+,52-,55+,56-/m0/s1. The van der Waals surface area contributed by atoms with Crippen molar-refractivity contribution in [2.24, 2.45) is 34.0 Å². The molecule has 18 nitrogen and oxygen atoms in total. The van der Waals surface area contributed by atoms with Crippen molar-refractivity contribution in [1.82, 2.24) is 10.6 Å². The number of hydrogen-bond acceptors (Lipinski definition) is 16. The summed E-state index contributed by atoms with van der Waals surface area (Å²) in [5, 5.41) is 5.36. The van der Waals surface area contributed by atoms with Gasteiger partial charge in [-0.05, 0) is 78.0 Å². The van der Waals surface area contributed by atoms with Crippen LogP contribution in [0.15, 0.2) is 60.7 Å². The first kappa shape index (κ1) is 60.5. The summed E-state index contributed by atoms with van der Waals surface area (Å²) in [4.78, 5) is 114. The average molecular weight is 1170 g/mol. The third-order valence-corrected chi connectivity index (χ3v) is 17.2. The number of alkyl halides is 4. The number of carbonyl (C=O) groups is 8. The van der Waals surface area contributed by atoms with E-state index >= 15 is 0 Å². The molecule has 2 aliphatic heterocycles. The lowest BCUT2D eigenvalue weighted by atomic mass is 9.43. The number of rotatable bonds is 26. The summed E-state index contributed by atoms with van der Waals surface area (Å²) in [6.45, 7) is 10.4. The third-order valence-electron chi connectivity index (χ3n) is 16.5. The van der Waals surface area contributed by atoms with Gasteiger partial charge in [-0.25, -0.2) is 9.59 Å². The molecule has 426 valence electrons. The van der Waals surface area contributed by atoms with E-state index in [0.717, 1.165) is 22.5 Å². The average Bonchev–Trinajstić information content (AvgIpc) is 2.83. The fraction of sp³-hybridized carbons (Fsp3) is 0.607. The second-order valence-corrected chi connectivity index (χ2v) is 22.8. The highest BCUT2D eigenvalue weighted by molar-refractivity contribution is 6.19. The number of amides is 2. The zero-order valence-corrected chi connectivity index (χ0v) is 47.5. The van der Waals surface area contributed by atoms with Crippen LogP contribution in [0.5, 0.6) is 0 Å². The van der Waals surface area contributed by atoms with Crippen molar-refractivity contribution in [2.75, 3.05) is 80.3 Å². The summed E-state index contributed by atoms with van der Waals surface area (Å²) in [6, 6.07) is 12.7. The van der Waals surface area contributed by atoms with Gasteiger partial charge in [0, 0.05) is 104 Å². The Balaban J connectivity index is 1.00. The molecular formula is C56H70Cl4N4O14. The zero-order chi connectivity index (χ0) is 56.5. The largest absolute Gasteiger partial charge is 0.467 e. The maximum atomic E-state index is 14.7. The number of benzene rings is 2. The van der Waals surface area contributed by atoms with Crippen LogP contribution in [-0.2, 0) is 79.6 Å². The molecule has 5 aliphatic rings. The Bertz CT molecular complexity index is 2540. The molecule has 5 fully saturated rings. The lowest BCUT2D eigenvalue weighted by Gasteiger charge is -2.62. The van der Waals surface area contributed by atoms with Gasteiger partial charge in [-0.1, -0.05) is 44.7 Å². The van der Waals surface area contributed by atoms with Gasteiger partial charge in [0.1, 0.15) is 24.3 Å². The fourth-order valence-corrected chi connectivity index (χ4v) is 13.7. The van der Waals surface area contributed by atoms with E-state index in [4.69, 9.17) is 74.8 Å². The Kier molecular flexibility index (Phi) is 20.5. The maximum absolute atomic E-state index is 14.7. The molecule has 78 heavy (non-hydrogen) atoms. The first-order chi connectivity index (χ1) is 37.3. The van der Waals surface area contributed by atoms with Crippen molar-refractivity contribution >= 4 is 105 Å². The Morgan fingerprint density at radius 3 is 1.63 bits per heavy atom. The van der Waals surface area contributed by atoms with Crippen LogP contribution in [0.25, 0.3) is 0 Å². The van der Waals surface area contributed by atoms with Gasteiger partial charge in [0.2, 0.25) is 18.1 Å². The van der Waals surface area contributed by atoms with Gasteiger partial charge in [-0.3, -0.25) is 28.8 Å². The first-order valence-electron chi connectivity index (χ1n) is 26.4. The van der Waals surface area contributed by atoms with Crippen LogP contribution >= 0.6 is 46.4 Å². The zero-order valence-electron chi connectivity index (χ0n) is 44.5. The molecule has 2 heterocycles. The number of halogens is 4. The summed E-state index contributed by atoms with van der Waals surface area (Å²) in [6.07, 6.45) is -2.88. The topological polar surface area (TPSA) is 222 Å². The van der Waals surface area contributed by atoms with Gasteiger partial charge in [-0.2, -0.15) is 0 Å². The third kappa shape index (κ3) is 12.6. The van der Waals surface area contributed by atoms with Crippen molar-refractivity contribution in [3.8, 4) is 0 Å². The molecule has 2 saturated heterocycles. The molecule has 2 bridgehead atoms. The van der Waals surface area contributed by atoms with Gasteiger partial charge in [0.05, 0.1) is 33.7 Å². The number of Topliss-reactive ketones (excluding diaryl/α,β-unsaturated/α-hetero) is 1. The lowest BCUT2D eigenvalue weighted by molar-refractivity contribution is -0.253. The Labute approximate surface area is 475 Å². The molecule has 3 aliphatic carbocycles. The number of nitrogens with one attached hydrogen (secondary N) is 2. The molecule has 0 unspecified atom stereocenters. The van der Waals surface area contributed by atoms with Crippen molar-refractivity contribution in [2.45, 2.75) is 109 Å². The van der Waals surface area contributed by atoms with E-state index in [0.29, 0.717) is 75.4 Å². The van der Waals surface area contributed by atoms with Crippen LogP contribution in [0.1, 0.15) is 76.3 Å². The normalized spacial score (nSPS) is 26.2. The number of hydrogen-bond donors (Lipinski definition) is 2. The van der Waals surface area contributed by atoms with E-state index in [-0.39, 0.29) is 44.3 Å².